The number of thiophene rings is 1. The predicted molar refractivity (Wildman–Crippen MR) is 75.0 cm³/mol. The van der Waals surface area contributed by atoms with Gasteiger partial charge in [-0.1, -0.05) is 20.8 Å². The lowest BCUT2D eigenvalue weighted by Gasteiger charge is -2.28. The first-order chi connectivity index (χ1) is 7.88. The third-order valence-electron chi connectivity index (χ3n) is 2.95. The highest BCUT2D eigenvalue weighted by Crippen LogP contribution is 2.29. The molecule has 0 amide bonds. The predicted octanol–water partition coefficient (Wildman–Crippen LogP) is 4.19. The van der Waals surface area contributed by atoms with Gasteiger partial charge in [-0.2, -0.15) is 0 Å². The van der Waals surface area contributed by atoms with Crippen LogP contribution in [0.2, 0.25) is 5.28 Å². The van der Waals surface area contributed by atoms with Crippen molar-refractivity contribution in [3.8, 4) is 0 Å². The standard InChI is InChI=1S/C12H16ClN3S/c1-7(12(2,3)4)14-9-8-5-6-17-10(8)16-11(13)15-9/h5-7H,1-4H3,(H,14,15,16). The molecule has 0 radical (unpaired) electrons. The Morgan fingerprint density at radius 2 is 2.06 bits per heavy atom. The summed E-state index contributed by atoms with van der Waals surface area (Å²) in [5, 5.41) is 6.76. The van der Waals surface area contributed by atoms with Crippen LogP contribution in [0, 0.1) is 5.41 Å². The number of hydrogen-bond donors (Lipinski definition) is 1. The molecule has 0 aliphatic carbocycles. The molecule has 0 saturated heterocycles. The third-order valence-corrected chi connectivity index (χ3v) is 3.93. The molecule has 0 bridgehead atoms. The third kappa shape index (κ3) is 2.69. The van der Waals surface area contributed by atoms with Crippen LogP contribution >= 0.6 is 22.9 Å². The van der Waals surface area contributed by atoms with Crippen molar-refractivity contribution < 1.29 is 0 Å². The monoisotopic (exact) mass is 269 g/mol. The smallest absolute Gasteiger partial charge is 0.225 e. The van der Waals surface area contributed by atoms with Crippen LogP contribution in [0.3, 0.4) is 0 Å². The Balaban J connectivity index is 2.38. The molecular weight excluding hydrogens is 254 g/mol. The van der Waals surface area contributed by atoms with Crippen molar-refractivity contribution in [1.82, 2.24) is 9.97 Å². The van der Waals surface area contributed by atoms with Gasteiger partial charge in [-0.05, 0) is 35.4 Å². The summed E-state index contributed by atoms with van der Waals surface area (Å²) in [5.74, 6) is 0.823. The highest BCUT2D eigenvalue weighted by atomic mass is 35.5. The second-order valence-electron chi connectivity index (χ2n) is 5.21. The SMILES string of the molecule is CC(Nc1nc(Cl)nc2sccc12)C(C)(C)C. The van der Waals surface area contributed by atoms with E-state index < -0.39 is 0 Å². The minimum atomic E-state index is 0.166. The Morgan fingerprint density at radius 3 is 2.71 bits per heavy atom. The van der Waals surface area contributed by atoms with E-state index in [4.69, 9.17) is 11.6 Å². The van der Waals surface area contributed by atoms with Gasteiger partial charge in [0.2, 0.25) is 5.28 Å². The number of halogens is 1. The molecule has 92 valence electrons. The zero-order valence-electron chi connectivity index (χ0n) is 10.4. The lowest BCUT2D eigenvalue weighted by Crippen LogP contribution is -2.31. The first kappa shape index (κ1) is 12.6. The van der Waals surface area contributed by atoms with E-state index in [9.17, 15) is 0 Å². The molecule has 3 nitrogen and oxygen atoms in total. The summed E-state index contributed by atoms with van der Waals surface area (Å²) in [4.78, 5) is 9.40. The summed E-state index contributed by atoms with van der Waals surface area (Å²) in [6.07, 6.45) is 0. The fraction of sp³-hybridized carbons (Fsp3) is 0.500. The Kier molecular flexibility index (Phi) is 3.27. The summed E-state index contributed by atoms with van der Waals surface area (Å²) in [6, 6.07) is 2.32. The van der Waals surface area contributed by atoms with Crippen LogP contribution in [0.5, 0.6) is 0 Å². The zero-order chi connectivity index (χ0) is 12.6. The van der Waals surface area contributed by atoms with E-state index in [1.165, 1.54) is 0 Å². The van der Waals surface area contributed by atoms with Gasteiger partial charge in [0.1, 0.15) is 10.6 Å². The zero-order valence-corrected chi connectivity index (χ0v) is 12.0. The summed E-state index contributed by atoms with van der Waals surface area (Å²) in [5.41, 5.74) is 0.166. The van der Waals surface area contributed by atoms with Crippen molar-refractivity contribution >= 4 is 39.0 Å². The quantitative estimate of drug-likeness (QED) is 0.831. The van der Waals surface area contributed by atoms with E-state index in [0.717, 1.165) is 16.0 Å². The molecule has 17 heavy (non-hydrogen) atoms. The molecule has 1 N–H and O–H groups in total. The molecule has 0 aromatic carbocycles. The van der Waals surface area contributed by atoms with Gasteiger partial charge in [-0.25, -0.2) is 9.97 Å². The molecule has 0 aliphatic heterocycles. The lowest BCUT2D eigenvalue weighted by molar-refractivity contribution is 0.359. The number of anilines is 1. The van der Waals surface area contributed by atoms with Gasteiger partial charge in [-0.15, -0.1) is 11.3 Å². The van der Waals surface area contributed by atoms with E-state index >= 15 is 0 Å². The Morgan fingerprint density at radius 1 is 1.35 bits per heavy atom. The molecular formula is C12H16ClN3S. The molecule has 0 aliphatic rings. The van der Waals surface area contributed by atoms with Crippen LogP contribution in [0.25, 0.3) is 10.2 Å². The number of hydrogen-bond acceptors (Lipinski definition) is 4. The number of nitrogens with one attached hydrogen (secondary N) is 1. The number of fused-ring (bicyclic) bond motifs is 1. The maximum atomic E-state index is 5.92. The fourth-order valence-corrected chi connectivity index (χ4v) is 2.34. The Bertz CT molecular complexity index is 530. The van der Waals surface area contributed by atoms with Crippen LogP contribution in [0.4, 0.5) is 5.82 Å². The minimum absolute atomic E-state index is 0.166. The Labute approximate surface area is 110 Å². The normalized spacial score (nSPS) is 13.9. The second-order valence-corrected chi connectivity index (χ2v) is 6.45. The number of aromatic nitrogens is 2. The largest absolute Gasteiger partial charge is 0.366 e. The maximum Gasteiger partial charge on any atom is 0.225 e. The van der Waals surface area contributed by atoms with Crippen LogP contribution in [-0.4, -0.2) is 16.0 Å². The summed E-state index contributed by atoms with van der Waals surface area (Å²) in [7, 11) is 0. The summed E-state index contributed by atoms with van der Waals surface area (Å²) >= 11 is 7.50. The molecule has 2 aromatic rings. The Hall–Kier alpha value is -0.870. The van der Waals surface area contributed by atoms with E-state index in [-0.39, 0.29) is 5.41 Å². The lowest BCUT2D eigenvalue weighted by atomic mass is 9.88. The molecule has 0 saturated carbocycles. The molecule has 0 fully saturated rings. The van der Waals surface area contributed by atoms with Gasteiger partial charge in [-0.3, -0.25) is 0 Å². The average Bonchev–Trinajstić information content (AvgIpc) is 2.63. The van der Waals surface area contributed by atoms with Gasteiger partial charge in [0.25, 0.3) is 0 Å². The van der Waals surface area contributed by atoms with E-state index in [0.29, 0.717) is 11.3 Å². The number of nitrogens with zero attached hydrogens (tertiary/aromatic N) is 2. The van der Waals surface area contributed by atoms with Gasteiger partial charge in [0, 0.05) is 6.04 Å². The summed E-state index contributed by atoms with van der Waals surface area (Å²) in [6.45, 7) is 8.73. The first-order valence-electron chi connectivity index (χ1n) is 5.55. The van der Waals surface area contributed by atoms with Gasteiger partial charge in [0.05, 0.1) is 5.39 Å². The van der Waals surface area contributed by atoms with Gasteiger partial charge >= 0.3 is 0 Å². The van der Waals surface area contributed by atoms with Crippen LogP contribution < -0.4 is 5.32 Å². The first-order valence-corrected chi connectivity index (χ1v) is 6.81. The highest BCUT2D eigenvalue weighted by molar-refractivity contribution is 7.16. The average molecular weight is 270 g/mol. The fourth-order valence-electron chi connectivity index (χ4n) is 1.36. The van der Waals surface area contributed by atoms with Gasteiger partial charge in [0.15, 0.2) is 0 Å². The molecule has 1 atom stereocenters. The molecule has 1 unspecified atom stereocenters. The highest BCUT2D eigenvalue weighted by Gasteiger charge is 2.21. The topological polar surface area (TPSA) is 37.8 Å². The minimum Gasteiger partial charge on any atom is -0.366 e. The molecule has 5 heteroatoms. The molecule has 2 heterocycles. The van der Waals surface area contributed by atoms with Gasteiger partial charge < -0.3 is 5.32 Å². The van der Waals surface area contributed by atoms with Crippen molar-refractivity contribution in [2.45, 2.75) is 33.7 Å². The van der Waals surface area contributed by atoms with Crippen LogP contribution in [0.15, 0.2) is 11.4 Å². The van der Waals surface area contributed by atoms with Crippen LogP contribution in [0.1, 0.15) is 27.7 Å². The van der Waals surface area contributed by atoms with E-state index in [1.54, 1.807) is 11.3 Å². The van der Waals surface area contributed by atoms with Crippen molar-refractivity contribution in [2.75, 3.05) is 5.32 Å². The van der Waals surface area contributed by atoms with Crippen molar-refractivity contribution in [1.29, 1.82) is 0 Å². The second kappa shape index (κ2) is 4.42. The summed E-state index contributed by atoms with van der Waals surface area (Å²) < 4.78 is 0. The molecule has 0 spiro atoms. The van der Waals surface area contributed by atoms with Crippen molar-refractivity contribution in [3.63, 3.8) is 0 Å². The number of rotatable bonds is 2. The van der Waals surface area contributed by atoms with Crippen LogP contribution in [-0.2, 0) is 0 Å². The maximum absolute atomic E-state index is 5.92. The van der Waals surface area contributed by atoms with E-state index in [2.05, 4.69) is 43.0 Å². The van der Waals surface area contributed by atoms with E-state index in [1.807, 2.05) is 11.4 Å². The van der Waals surface area contributed by atoms with Crippen molar-refractivity contribution in [2.24, 2.45) is 5.41 Å². The molecule has 2 rings (SSSR count). The molecule has 2 aromatic heterocycles. The van der Waals surface area contributed by atoms with Crippen molar-refractivity contribution in [3.05, 3.63) is 16.7 Å².